The van der Waals surface area contributed by atoms with Crippen LogP contribution in [0, 0.1) is 6.92 Å². The van der Waals surface area contributed by atoms with E-state index in [1.165, 1.54) is 12.7 Å². The Morgan fingerprint density at radius 2 is 2.29 bits per heavy atom. The molecule has 3 atom stereocenters. The van der Waals surface area contributed by atoms with Crippen molar-refractivity contribution in [2.75, 3.05) is 18.2 Å². The van der Waals surface area contributed by atoms with Crippen LogP contribution in [0.4, 0.5) is 5.69 Å². The van der Waals surface area contributed by atoms with Gasteiger partial charge in [0, 0.05) is 17.4 Å². The molecule has 1 aromatic rings. The van der Waals surface area contributed by atoms with E-state index < -0.39 is 0 Å². The SMILES string of the molecule is COC(=O)CC(NC(=O)C1Cc2cccc(C)c2N1)C1CCCS1. The molecule has 0 aliphatic carbocycles. The summed E-state index contributed by atoms with van der Waals surface area (Å²) in [6, 6.07) is 5.69. The second-order valence-corrected chi connectivity index (χ2v) is 7.80. The largest absolute Gasteiger partial charge is 0.469 e. The van der Waals surface area contributed by atoms with Crippen LogP contribution in [0.5, 0.6) is 0 Å². The summed E-state index contributed by atoms with van der Waals surface area (Å²) in [6.07, 6.45) is 3.09. The van der Waals surface area contributed by atoms with E-state index in [0.717, 1.165) is 29.8 Å². The van der Waals surface area contributed by atoms with Gasteiger partial charge in [-0.2, -0.15) is 11.8 Å². The number of amides is 1. The van der Waals surface area contributed by atoms with Gasteiger partial charge in [-0.3, -0.25) is 9.59 Å². The number of aryl methyl sites for hydroxylation is 1. The minimum atomic E-state index is -0.272. The highest BCUT2D eigenvalue weighted by molar-refractivity contribution is 8.00. The molecule has 3 rings (SSSR count). The summed E-state index contributed by atoms with van der Waals surface area (Å²) >= 11 is 1.83. The molecular formula is C18H24N2O3S. The van der Waals surface area contributed by atoms with Crippen molar-refractivity contribution >= 4 is 29.3 Å². The van der Waals surface area contributed by atoms with E-state index in [1.807, 2.05) is 30.8 Å². The van der Waals surface area contributed by atoms with E-state index in [4.69, 9.17) is 4.74 Å². The fourth-order valence-corrected chi connectivity index (χ4v) is 4.82. The summed E-state index contributed by atoms with van der Waals surface area (Å²) in [5, 5.41) is 6.72. The number of hydrogen-bond donors (Lipinski definition) is 2. The van der Waals surface area contributed by atoms with Crippen LogP contribution < -0.4 is 10.6 Å². The van der Waals surface area contributed by atoms with Gasteiger partial charge in [-0.15, -0.1) is 0 Å². The zero-order valence-electron chi connectivity index (χ0n) is 14.1. The summed E-state index contributed by atoms with van der Waals surface area (Å²) in [7, 11) is 1.39. The molecule has 24 heavy (non-hydrogen) atoms. The van der Waals surface area contributed by atoms with Gasteiger partial charge in [-0.25, -0.2) is 0 Å². The van der Waals surface area contributed by atoms with Crippen molar-refractivity contribution in [3.8, 4) is 0 Å². The molecule has 2 heterocycles. The first kappa shape index (κ1) is 17.1. The number of nitrogens with one attached hydrogen (secondary N) is 2. The molecular weight excluding hydrogens is 324 g/mol. The van der Waals surface area contributed by atoms with E-state index in [0.29, 0.717) is 11.7 Å². The van der Waals surface area contributed by atoms with Crippen molar-refractivity contribution in [1.82, 2.24) is 5.32 Å². The van der Waals surface area contributed by atoms with Crippen LogP contribution in [0.25, 0.3) is 0 Å². The molecule has 1 saturated heterocycles. The number of ether oxygens (including phenoxy) is 1. The molecule has 0 aromatic heterocycles. The zero-order chi connectivity index (χ0) is 17.1. The zero-order valence-corrected chi connectivity index (χ0v) is 14.9. The van der Waals surface area contributed by atoms with E-state index in [2.05, 4.69) is 16.7 Å². The van der Waals surface area contributed by atoms with Crippen molar-refractivity contribution in [3.05, 3.63) is 29.3 Å². The second-order valence-electron chi connectivity index (χ2n) is 6.46. The first-order valence-corrected chi connectivity index (χ1v) is 9.47. The van der Waals surface area contributed by atoms with Gasteiger partial charge in [0.05, 0.1) is 19.6 Å². The number of para-hydroxylation sites is 1. The molecule has 6 heteroatoms. The number of fused-ring (bicyclic) bond motifs is 1. The van der Waals surface area contributed by atoms with Crippen molar-refractivity contribution < 1.29 is 14.3 Å². The monoisotopic (exact) mass is 348 g/mol. The number of carbonyl (C=O) groups excluding carboxylic acids is 2. The Morgan fingerprint density at radius 3 is 2.96 bits per heavy atom. The third-order valence-corrected chi connectivity index (χ3v) is 6.29. The number of benzene rings is 1. The fourth-order valence-electron chi connectivity index (χ4n) is 3.45. The highest BCUT2D eigenvalue weighted by Gasteiger charge is 2.33. The first-order valence-electron chi connectivity index (χ1n) is 8.42. The lowest BCUT2D eigenvalue weighted by Crippen LogP contribution is -2.48. The number of thioether (sulfide) groups is 1. The lowest BCUT2D eigenvalue weighted by atomic mass is 10.0. The van der Waals surface area contributed by atoms with Gasteiger partial charge in [0.2, 0.25) is 5.91 Å². The molecule has 0 spiro atoms. The van der Waals surface area contributed by atoms with Crippen LogP contribution in [0.3, 0.4) is 0 Å². The average molecular weight is 348 g/mol. The number of esters is 1. The van der Waals surface area contributed by atoms with Crippen LogP contribution in [0.2, 0.25) is 0 Å². The van der Waals surface area contributed by atoms with Gasteiger partial charge < -0.3 is 15.4 Å². The normalized spacial score (nSPS) is 23.2. The molecule has 130 valence electrons. The second kappa shape index (κ2) is 7.47. The Kier molecular flexibility index (Phi) is 5.33. The van der Waals surface area contributed by atoms with Crippen LogP contribution in [0.15, 0.2) is 18.2 Å². The maximum Gasteiger partial charge on any atom is 0.307 e. The molecule has 2 N–H and O–H groups in total. The Bertz CT molecular complexity index is 629. The lowest BCUT2D eigenvalue weighted by Gasteiger charge is -2.25. The molecule has 1 amide bonds. The summed E-state index contributed by atoms with van der Waals surface area (Å²) < 4.78 is 4.80. The van der Waals surface area contributed by atoms with E-state index >= 15 is 0 Å². The van der Waals surface area contributed by atoms with Crippen molar-refractivity contribution in [1.29, 1.82) is 0 Å². The van der Waals surface area contributed by atoms with Gasteiger partial charge in [0.1, 0.15) is 6.04 Å². The Hall–Kier alpha value is -1.69. The smallest absolute Gasteiger partial charge is 0.307 e. The average Bonchev–Trinajstić information content (AvgIpc) is 3.24. The summed E-state index contributed by atoms with van der Waals surface area (Å²) in [5.41, 5.74) is 3.40. The molecule has 1 fully saturated rings. The number of anilines is 1. The minimum Gasteiger partial charge on any atom is -0.469 e. The van der Waals surface area contributed by atoms with Crippen LogP contribution in [-0.2, 0) is 20.7 Å². The van der Waals surface area contributed by atoms with Crippen LogP contribution in [-0.4, -0.2) is 42.1 Å². The number of hydrogen-bond acceptors (Lipinski definition) is 5. The standard InChI is InChI=1S/C18H24N2O3S/c1-11-5-3-6-12-9-14(19-17(11)12)18(22)20-13(10-16(21)23-2)15-7-4-8-24-15/h3,5-6,13-15,19H,4,7-10H2,1-2H3,(H,20,22). The number of methoxy groups -OCH3 is 1. The van der Waals surface area contributed by atoms with Crippen molar-refractivity contribution in [3.63, 3.8) is 0 Å². The minimum absolute atomic E-state index is 0.0352. The summed E-state index contributed by atoms with van der Waals surface area (Å²) in [4.78, 5) is 24.4. The summed E-state index contributed by atoms with van der Waals surface area (Å²) in [6.45, 7) is 2.04. The highest BCUT2D eigenvalue weighted by atomic mass is 32.2. The molecule has 3 unspecified atom stereocenters. The molecule has 1 aromatic carbocycles. The highest BCUT2D eigenvalue weighted by Crippen LogP contribution is 2.32. The van der Waals surface area contributed by atoms with E-state index in [9.17, 15) is 9.59 Å². The Labute approximate surface area is 146 Å². The quantitative estimate of drug-likeness (QED) is 0.799. The number of carbonyl (C=O) groups is 2. The third kappa shape index (κ3) is 3.69. The van der Waals surface area contributed by atoms with Crippen LogP contribution in [0.1, 0.15) is 30.4 Å². The molecule has 2 aliphatic rings. The van der Waals surface area contributed by atoms with E-state index in [-0.39, 0.29) is 30.4 Å². The predicted molar refractivity (Wildman–Crippen MR) is 96.3 cm³/mol. The van der Waals surface area contributed by atoms with Gasteiger partial charge in [-0.1, -0.05) is 18.2 Å². The van der Waals surface area contributed by atoms with Crippen LogP contribution >= 0.6 is 11.8 Å². The van der Waals surface area contributed by atoms with Gasteiger partial charge >= 0.3 is 5.97 Å². The van der Waals surface area contributed by atoms with Crippen molar-refractivity contribution in [2.45, 2.75) is 49.9 Å². The Balaban J connectivity index is 1.65. The number of rotatable bonds is 5. The van der Waals surface area contributed by atoms with Crippen molar-refractivity contribution in [2.24, 2.45) is 0 Å². The maximum atomic E-state index is 12.7. The van der Waals surface area contributed by atoms with E-state index in [1.54, 1.807) is 0 Å². The first-order chi connectivity index (χ1) is 11.6. The topological polar surface area (TPSA) is 67.4 Å². The molecule has 5 nitrogen and oxygen atoms in total. The fraction of sp³-hybridized carbons (Fsp3) is 0.556. The maximum absolute atomic E-state index is 12.7. The molecule has 0 bridgehead atoms. The van der Waals surface area contributed by atoms with Gasteiger partial charge in [0.15, 0.2) is 0 Å². The van der Waals surface area contributed by atoms with Gasteiger partial charge in [-0.05, 0) is 36.6 Å². The Morgan fingerprint density at radius 1 is 1.46 bits per heavy atom. The predicted octanol–water partition coefficient (Wildman–Crippen LogP) is 2.28. The molecule has 2 aliphatic heterocycles. The molecule has 0 radical (unpaired) electrons. The van der Waals surface area contributed by atoms with Gasteiger partial charge in [0.25, 0.3) is 0 Å². The third-order valence-electron chi connectivity index (χ3n) is 4.77. The lowest BCUT2D eigenvalue weighted by molar-refractivity contribution is -0.141. The molecule has 0 saturated carbocycles. The summed E-state index contributed by atoms with van der Waals surface area (Å²) in [5.74, 6) is 0.781.